The lowest BCUT2D eigenvalue weighted by Gasteiger charge is -2.18. The minimum Gasteiger partial charge on any atom is -0.508 e. The number of phenolic OH excluding ortho intramolecular Hbond substituents is 1. The Bertz CT molecular complexity index is 414. The van der Waals surface area contributed by atoms with Crippen LogP contribution in [0.3, 0.4) is 0 Å². The van der Waals surface area contributed by atoms with Crippen LogP contribution in [0.25, 0.3) is 0 Å². The van der Waals surface area contributed by atoms with Crippen LogP contribution in [0.5, 0.6) is 5.75 Å². The number of hydrogen-bond acceptors (Lipinski definition) is 4. The highest BCUT2D eigenvalue weighted by molar-refractivity contribution is 5.69. The van der Waals surface area contributed by atoms with Gasteiger partial charge in [-0.2, -0.15) is 0 Å². The van der Waals surface area contributed by atoms with Crippen LogP contribution in [0.2, 0.25) is 0 Å². The van der Waals surface area contributed by atoms with Crippen molar-refractivity contribution in [2.75, 3.05) is 13.1 Å². The Morgan fingerprint density at radius 1 is 1.40 bits per heavy atom. The van der Waals surface area contributed by atoms with Gasteiger partial charge >= 0.3 is 5.97 Å². The first-order valence-electron chi connectivity index (χ1n) is 7.00. The second kappa shape index (κ2) is 9.15. The summed E-state index contributed by atoms with van der Waals surface area (Å²) in [5, 5.41) is 10.8. The number of carbonyl (C=O) groups excluding carboxylic acids is 1. The molecule has 1 rings (SSSR count). The fraction of sp³-hybridized carbons (Fsp3) is 0.438. The van der Waals surface area contributed by atoms with E-state index < -0.39 is 0 Å². The van der Waals surface area contributed by atoms with Gasteiger partial charge in [0.2, 0.25) is 0 Å². The predicted molar refractivity (Wildman–Crippen MR) is 79.2 cm³/mol. The number of rotatable bonds is 9. The van der Waals surface area contributed by atoms with E-state index in [2.05, 4.69) is 6.58 Å². The molecule has 110 valence electrons. The van der Waals surface area contributed by atoms with Crippen molar-refractivity contribution in [3.63, 3.8) is 0 Å². The Morgan fingerprint density at radius 3 is 2.70 bits per heavy atom. The number of aromatic hydroxyl groups is 1. The van der Waals surface area contributed by atoms with Crippen molar-refractivity contribution in [3.05, 3.63) is 42.5 Å². The molecule has 0 amide bonds. The number of carbonyl (C=O) groups is 1. The maximum Gasteiger partial charge on any atom is 0.325 e. The van der Waals surface area contributed by atoms with Crippen LogP contribution in [0.4, 0.5) is 0 Å². The molecule has 0 aliphatic carbocycles. The normalized spacial score (nSPS) is 10.5. The van der Waals surface area contributed by atoms with Crippen molar-refractivity contribution in [3.8, 4) is 5.75 Å². The zero-order valence-corrected chi connectivity index (χ0v) is 12.0. The highest BCUT2D eigenvalue weighted by atomic mass is 16.7. The van der Waals surface area contributed by atoms with Crippen molar-refractivity contribution < 1.29 is 14.7 Å². The minimum atomic E-state index is -0.209. The number of benzene rings is 1. The molecule has 0 heterocycles. The van der Waals surface area contributed by atoms with E-state index in [1.54, 1.807) is 23.3 Å². The fourth-order valence-corrected chi connectivity index (χ4v) is 1.86. The Morgan fingerprint density at radius 2 is 2.10 bits per heavy atom. The van der Waals surface area contributed by atoms with Crippen molar-refractivity contribution >= 4 is 5.97 Å². The Hall–Kier alpha value is -1.81. The number of aryl methyl sites for hydroxylation is 1. The summed E-state index contributed by atoms with van der Waals surface area (Å²) >= 11 is 0. The van der Waals surface area contributed by atoms with Crippen LogP contribution in [0.15, 0.2) is 36.9 Å². The molecule has 0 atom stereocenters. The van der Waals surface area contributed by atoms with Gasteiger partial charge in [-0.1, -0.05) is 25.1 Å². The summed E-state index contributed by atoms with van der Waals surface area (Å²) in [4.78, 5) is 17.0. The van der Waals surface area contributed by atoms with Gasteiger partial charge in [-0.05, 0) is 37.0 Å². The average Bonchev–Trinajstić information content (AvgIpc) is 2.41. The Kier molecular flexibility index (Phi) is 7.43. The highest BCUT2D eigenvalue weighted by Crippen LogP contribution is 2.12. The maximum absolute atomic E-state index is 11.7. The van der Waals surface area contributed by atoms with E-state index in [9.17, 15) is 9.90 Å². The molecule has 0 saturated carbocycles. The molecule has 0 bridgehead atoms. The second-order valence-corrected chi connectivity index (χ2v) is 4.66. The average molecular weight is 277 g/mol. The summed E-state index contributed by atoms with van der Waals surface area (Å²) in [6, 6.07) is 7.03. The van der Waals surface area contributed by atoms with Crippen LogP contribution in [0.1, 0.15) is 31.7 Å². The lowest BCUT2D eigenvalue weighted by molar-refractivity contribution is -0.188. The summed E-state index contributed by atoms with van der Waals surface area (Å²) in [5.74, 6) is 0.0480. The Balaban J connectivity index is 2.28. The van der Waals surface area contributed by atoms with Gasteiger partial charge in [0.05, 0.1) is 6.54 Å². The van der Waals surface area contributed by atoms with Crippen LogP contribution in [-0.4, -0.2) is 29.2 Å². The third kappa shape index (κ3) is 6.38. The predicted octanol–water partition coefficient (Wildman–Crippen LogP) is 3.07. The highest BCUT2D eigenvalue weighted by Gasteiger charge is 2.09. The number of nitrogens with zero attached hydrogens (tertiary/aromatic N) is 1. The van der Waals surface area contributed by atoms with Gasteiger partial charge in [-0.15, -0.1) is 11.6 Å². The van der Waals surface area contributed by atoms with Crippen LogP contribution >= 0.6 is 0 Å². The van der Waals surface area contributed by atoms with Crippen molar-refractivity contribution in [1.82, 2.24) is 5.06 Å². The van der Waals surface area contributed by atoms with Gasteiger partial charge in [-0.25, -0.2) is 0 Å². The second-order valence-electron chi connectivity index (χ2n) is 4.66. The molecule has 0 aliphatic rings. The van der Waals surface area contributed by atoms with E-state index in [4.69, 9.17) is 4.84 Å². The van der Waals surface area contributed by atoms with Crippen LogP contribution in [0, 0.1) is 0 Å². The molecule has 4 nitrogen and oxygen atoms in total. The van der Waals surface area contributed by atoms with E-state index >= 15 is 0 Å². The van der Waals surface area contributed by atoms with Gasteiger partial charge < -0.3 is 9.94 Å². The maximum atomic E-state index is 11.7. The molecular formula is C16H23NO3. The topological polar surface area (TPSA) is 49.8 Å². The van der Waals surface area contributed by atoms with Crippen LogP contribution < -0.4 is 0 Å². The van der Waals surface area contributed by atoms with Crippen molar-refractivity contribution in [2.45, 2.75) is 32.6 Å². The van der Waals surface area contributed by atoms with Gasteiger partial charge in [0, 0.05) is 13.0 Å². The monoisotopic (exact) mass is 277 g/mol. The van der Waals surface area contributed by atoms with Crippen molar-refractivity contribution in [2.24, 2.45) is 0 Å². The summed E-state index contributed by atoms with van der Waals surface area (Å²) in [5.41, 5.74) is 1.10. The Labute approximate surface area is 120 Å². The number of phenols is 1. The molecule has 0 spiro atoms. The molecule has 1 aromatic rings. The standard InChI is InChI=1S/C16H23NO3/c1-3-12-17(13-4-2)20-16(19)7-5-6-14-8-10-15(18)11-9-14/h3,8-11,18H,1,4-7,12-13H2,2H3. The quantitative estimate of drug-likeness (QED) is 0.556. The first-order valence-corrected chi connectivity index (χ1v) is 7.00. The summed E-state index contributed by atoms with van der Waals surface area (Å²) < 4.78 is 0. The smallest absolute Gasteiger partial charge is 0.325 e. The van der Waals surface area contributed by atoms with E-state index in [0.717, 1.165) is 31.4 Å². The lowest BCUT2D eigenvalue weighted by Crippen LogP contribution is -2.28. The summed E-state index contributed by atoms with van der Waals surface area (Å²) in [7, 11) is 0. The van der Waals surface area contributed by atoms with Gasteiger partial charge in [0.1, 0.15) is 5.75 Å². The minimum absolute atomic E-state index is 0.209. The van der Waals surface area contributed by atoms with Gasteiger partial charge in [-0.3, -0.25) is 4.79 Å². The number of hydrogen-bond donors (Lipinski definition) is 1. The van der Waals surface area contributed by atoms with Gasteiger partial charge in [0.25, 0.3) is 0 Å². The van der Waals surface area contributed by atoms with Crippen LogP contribution in [-0.2, 0) is 16.1 Å². The largest absolute Gasteiger partial charge is 0.508 e. The van der Waals surface area contributed by atoms with E-state index in [1.807, 2.05) is 19.1 Å². The molecule has 0 fully saturated rings. The molecule has 0 unspecified atom stereocenters. The third-order valence-corrected chi connectivity index (χ3v) is 2.82. The molecule has 0 aliphatic heterocycles. The summed E-state index contributed by atoms with van der Waals surface area (Å²) in [6.07, 6.45) is 4.56. The lowest BCUT2D eigenvalue weighted by atomic mass is 10.1. The van der Waals surface area contributed by atoms with Gasteiger partial charge in [0.15, 0.2) is 0 Å². The van der Waals surface area contributed by atoms with E-state index in [-0.39, 0.29) is 11.7 Å². The molecular weight excluding hydrogens is 254 g/mol. The fourth-order valence-electron chi connectivity index (χ4n) is 1.86. The SMILES string of the molecule is C=CCN(CCC)OC(=O)CCCc1ccc(O)cc1. The zero-order valence-electron chi connectivity index (χ0n) is 12.0. The van der Waals surface area contributed by atoms with E-state index in [0.29, 0.717) is 13.0 Å². The van der Waals surface area contributed by atoms with Crippen molar-refractivity contribution in [1.29, 1.82) is 0 Å². The number of hydroxylamine groups is 2. The zero-order chi connectivity index (χ0) is 14.8. The molecule has 1 aromatic carbocycles. The third-order valence-electron chi connectivity index (χ3n) is 2.82. The molecule has 0 aromatic heterocycles. The van der Waals surface area contributed by atoms with E-state index in [1.165, 1.54) is 0 Å². The molecule has 20 heavy (non-hydrogen) atoms. The molecule has 1 N–H and O–H groups in total. The summed E-state index contributed by atoms with van der Waals surface area (Å²) in [6.45, 7) is 6.95. The molecule has 0 radical (unpaired) electrons. The first kappa shape index (κ1) is 16.2. The molecule has 0 saturated heterocycles. The first-order chi connectivity index (χ1) is 9.65. The molecule has 4 heteroatoms.